The van der Waals surface area contributed by atoms with Gasteiger partial charge in [-0.05, 0) is 24.1 Å². The lowest BCUT2D eigenvalue weighted by molar-refractivity contribution is -0.126. The van der Waals surface area contributed by atoms with Gasteiger partial charge in [0.25, 0.3) is 11.8 Å². The summed E-state index contributed by atoms with van der Waals surface area (Å²) in [6, 6.07) is 3.63. The number of furan rings is 1. The van der Waals surface area contributed by atoms with Gasteiger partial charge in [-0.25, -0.2) is 0 Å². The summed E-state index contributed by atoms with van der Waals surface area (Å²) in [6.45, 7) is 0. The number of nitrogens with one attached hydrogen (secondary N) is 1. The van der Waals surface area contributed by atoms with Crippen LogP contribution in [-0.4, -0.2) is 16.9 Å². The van der Waals surface area contributed by atoms with Crippen molar-refractivity contribution in [1.29, 1.82) is 0 Å². The molecule has 96 valence electrons. The molecule has 1 aromatic rings. The number of imide groups is 1. The fraction of sp³-hybridized carbons (Fsp3) is 0.143. The molecule has 2 aliphatic rings. The van der Waals surface area contributed by atoms with Crippen LogP contribution in [0.5, 0.6) is 0 Å². The summed E-state index contributed by atoms with van der Waals surface area (Å²) in [5, 5.41) is 11.4. The molecule has 0 spiro atoms. The fourth-order valence-corrected chi connectivity index (χ4v) is 2.35. The lowest BCUT2D eigenvalue weighted by Gasteiger charge is -2.25. The van der Waals surface area contributed by atoms with E-state index in [2.05, 4.69) is 5.32 Å². The largest absolute Gasteiger partial charge is 0.515 e. The van der Waals surface area contributed by atoms with Crippen molar-refractivity contribution in [3.63, 3.8) is 0 Å². The van der Waals surface area contributed by atoms with Crippen molar-refractivity contribution in [2.45, 2.75) is 12.3 Å². The summed E-state index contributed by atoms with van der Waals surface area (Å²) in [4.78, 5) is 23.4. The van der Waals surface area contributed by atoms with E-state index < -0.39 is 11.8 Å². The molecule has 19 heavy (non-hydrogen) atoms. The zero-order chi connectivity index (χ0) is 13.4. The van der Waals surface area contributed by atoms with Crippen LogP contribution < -0.4 is 5.32 Å². The topological polar surface area (TPSA) is 79.5 Å². The molecule has 1 aromatic heterocycles. The predicted octanol–water partition coefficient (Wildman–Crippen LogP) is 1.72. The zero-order valence-corrected chi connectivity index (χ0v) is 9.92. The highest BCUT2D eigenvalue weighted by molar-refractivity contribution is 6.20. The van der Waals surface area contributed by atoms with Crippen LogP contribution in [0.15, 0.2) is 57.9 Å². The molecule has 2 N–H and O–H groups in total. The van der Waals surface area contributed by atoms with E-state index in [0.29, 0.717) is 17.6 Å². The van der Waals surface area contributed by atoms with E-state index in [1.54, 1.807) is 24.5 Å². The summed E-state index contributed by atoms with van der Waals surface area (Å²) >= 11 is 0. The van der Waals surface area contributed by atoms with Crippen molar-refractivity contribution in [3.05, 3.63) is 59.3 Å². The van der Waals surface area contributed by atoms with E-state index >= 15 is 0 Å². The number of fused-ring (bicyclic) bond motifs is 1. The van der Waals surface area contributed by atoms with Crippen molar-refractivity contribution in [1.82, 2.24) is 5.32 Å². The molecule has 0 aromatic carbocycles. The molecular formula is C14H11NO4. The van der Waals surface area contributed by atoms with Gasteiger partial charge in [-0.3, -0.25) is 14.9 Å². The second kappa shape index (κ2) is 4.28. The molecular weight excluding hydrogens is 246 g/mol. The van der Waals surface area contributed by atoms with Crippen LogP contribution in [0, 0.1) is 0 Å². The summed E-state index contributed by atoms with van der Waals surface area (Å²) in [6.07, 6.45) is 6.47. The second-order valence-electron chi connectivity index (χ2n) is 4.38. The molecule has 3 rings (SSSR count). The fourth-order valence-electron chi connectivity index (χ4n) is 2.35. The first-order chi connectivity index (χ1) is 9.20. The molecule has 5 nitrogen and oxygen atoms in total. The highest BCUT2D eigenvalue weighted by Gasteiger charge is 2.33. The van der Waals surface area contributed by atoms with Gasteiger partial charge in [-0.15, -0.1) is 0 Å². The molecule has 5 heteroatoms. The number of hydrogen-bond donors (Lipinski definition) is 2. The predicted molar refractivity (Wildman–Crippen MR) is 66.1 cm³/mol. The van der Waals surface area contributed by atoms with Gasteiger partial charge >= 0.3 is 0 Å². The van der Waals surface area contributed by atoms with Gasteiger partial charge in [0.05, 0.1) is 18.1 Å². The van der Waals surface area contributed by atoms with Crippen LogP contribution in [0.2, 0.25) is 0 Å². The standard InChI is InChI=1S/C14H11NO4/c16-7-11-10-6-8(12-2-1-5-19-12)3-4-9(10)13(17)15-14(11)18/h1-2,4-8,16H,3H2,(H,15,17,18)/b11-7+. The Labute approximate surface area is 108 Å². The number of amides is 2. The van der Waals surface area contributed by atoms with Crippen molar-refractivity contribution < 1.29 is 19.1 Å². The van der Waals surface area contributed by atoms with Crippen molar-refractivity contribution >= 4 is 11.8 Å². The molecule has 1 aliphatic heterocycles. The smallest absolute Gasteiger partial charge is 0.261 e. The molecule has 0 radical (unpaired) electrons. The van der Waals surface area contributed by atoms with E-state index in [0.717, 1.165) is 12.0 Å². The number of carbonyl (C=O) groups excluding carboxylic acids is 2. The Morgan fingerprint density at radius 3 is 2.84 bits per heavy atom. The maximum absolute atomic E-state index is 11.7. The third kappa shape index (κ3) is 1.79. The maximum atomic E-state index is 11.7. The lowest BCUT2D eigenvalue weighted by atomic mass is 9.83. The van der Waals surface area contributed by atoms with Crippen molar-refractivity contribution in [3.8, 4) is 0 Å². The first-order valence-corrected chi connectivity index (χ1v) is 5.87. The Morgan fingerprint density at radius 1 is 1.32 bits per heavy atom. The normalized spacial score (nSPS) is 24.6. The van der Waals surface area contributed by atoms with Crippen molar-refractivity contribution in [2.24, 2.45) is 0 Å². The molecule has 2 amide bonds. The zero-order valence-electron chi connectivity index (χ0n) is 9.92. The van der Waals surface area contributed by atoms with E-state index in [-0.39, 0.29) is 11.5 Å². The minimum Gasteiger partial charge on any atom is -0.515 e. The number of hydrogen-bond acceptors (Lipinski definition) is 4. The summed E-state index contributed by atoms with van der Waals surface area (Å²) in [7, 11) is 0. The van der Waals surface area contributed by atoms with E-state index in [9.17, 15) is 14.7 Å². The molecule has 1 atom stereocenters. The minimum absolute atomic E-state index is 0.0394. The molecule has 1 saturated heterocycles. The summed E-state index contributed by atoms with van der Waals surface area (Å²) in [5.74, 6) is -0.295. The Hall–Kier alpha value is -2.56. The lowest BCUT2D eigenvalue weighted by Crippen LogP contribution is -2.40. The maximum Gasteiger partial charge on any atom is 0.261 e. The van der Waals surface area contributed by atoms with Crippen LogP contribution in [-0.2, 0) is 9.59 Å². The Bertz CT molecular complexity index is 616. The van der Waals surface area contributed by atoms with E-state index in [4.69, 9.17) is 4.42 Å². The monoisotopic (exact) mass is 257 g/mol. The number of allylic oxidation sites excluding steroid dienone is 2. The first kappa shape index (κ1) is 11.5. The van der Waals surface area contributed by atoms with Crippen LogP contribution in [0.1, 0.15) is 18.1 Å². The van der Waals surface area contributed by atoms with E-state index in [1.807, 2.05) is 6.07 Å². The number of carbonyl (C=O) groups is 2. The van der Waals surface area contributed by atoms with Gasteiger partial charge in [-0.1, -0.05) is 12.2 Å². The molecule has 1 unspecified atom stereocenters. The van der Waals surface area contributed by atoms with Gasteiger partial charge in [0.2, 0.25) is 0 Å². The van der Waals surface area contributed by atoms with Crippen molar-refractivity contribution in [2.75, 3.05) is 0 Å². The minimum atomic E-state index is -0.587. The van der Waals surface area contributed by atoms with Gasteiger partial charge in [0, 0.05) is 11.5 Å². The molecule has 1 aliphatic carbocycles. The van der Waals surface area contributed by atoms with E-state index in [1.165, 1.54) is 0 Å². The highest BCUT2D eigenvalue weighted by atomic mass is 16.3. The van der Waals surface area contributed by atoms with Crippen LogP contribution in [0.4, 0.5) is 0 Å². The number of aliphatic hydroxyl groups excluding tert-OH is 1. The van der Waals surface area contributed by atoms with Crippen LogP contribution in [0.3, 0.4) is 0 Å². The number of aliphatic hydroxyl groups is 1. The van der Waals surface area contributed by atoms with Gasteiger partial charge < -0.3 is 9.52 Å². The van der Waals surface area contributed by atoms with Crippen LogP contribution >= 0.6 is 0 Å². The Balaban J connectivity index is 2.05. The van der Waals surface area contributed by atoms with Gasteiger partial charge in [0.15, 0.2) is 0 Å². The SMILES string of the molecule is O=C1NC(=O)/C(=C/O)C2=CC(c3ccco3)CC=C12. The summed E-state index contributed by atoms with van der Waals surface area (Å²) < 4.78 is 5.33. The molecule has 0 bridgehead atoms. The Kier molecular flexibility index (Phi) is 2.59. The number of piperidine rings is 1. The highest BCUT2D eigenvalue weighted by Crippen LogP contribution is 2.35. The molecule has 1 fully saturated rings. The summed E-state index contributed by atoms with van der Waals surface area (Å²) in [5.41, 5.74) is 0.980. The third-order valence-electron chi connectivity index (χ3n) is 3.28. The van der Waals surface area contributed by atoms with Gasteiger partial charge in [-0.2, -0.15) is 0 Å². The average molecular weight is 257 g/mol. The average Bonchev–Trinajstić information content (AvgIpc) is 2.92. The van der Waals surface area contributed by atoms with Crippen LogP contribution in [0.25, 0.3) is 0 Å². The second-order valence-corrected chi connectivity index (χ2v) is 4.38. The third-order valence-corrected chi connectivity index (χ3v) is 3.28. The first-order valence-electron chi connectivity index (χ1n) is 5.87. The quantitative estimate of drug-likeness (QED) is 0.456. The molecule has 2 heterocycles. The number of rotatable bonds is 1. The Morgan fingerprint density at radius 2 is 2.16 bits per heavy atom. The van der Waals surface area contributed by atoms with Gasteiger partial charge in [0.1, 0.15) is 5.76 Å². The molecule has 0 saturated carbocycles.